The zero-order valence-electron chi connectivity index (χ0n) is 15.7. The Hall–Kier alpha value is -2.04. The first-order valence-electron chi connectivity index (χ1n) is 9.90. The van der Waals surface area contributed by atoms with Crippen LogP contribution in [0.15, 0.2) is 24.3 Å². The van der Waals surface area contributed by atoms with Crippen molar-refractivity contribution in [2.75, 3.05) is 13.1 Å². The highest BCUT2D eigenvalue weighted by atomic mass is 16.5. The molecule has 3 rings (SSSR count). The van der Waals surface area contributed by atoms with Crippen LogP contribution in [0.4, 0.5) is 0 Å². The van der Waals surface area contributed by atoms with Gasteiger partial charge in [-0.2, -0.15) is 0 Å². The van der Waals surface area contributed by atoms with Crippen LogP contribution in [0.3, 0.4) is 0 Å². The lowest BCUT2D eigenvalue weighted by Crippen LogP contribution is -2.42. The highest BCUT2D eigenvalue weighted by Crippen LogP contribution is 2.21. The molecule has 1 aromatic carbocycles. The lowest BCUT2D eigenvalue weighted by molar-refractivity contribution is -0.135. The van der Waals surface area contributed by atoms with Crippen LogP contribution in [0.5, 0.6) is 5.75 Å². The van der Waals surface area contributed by atoms with E-state index < -0.39 is 0 Å². The lowest BCUT2D eigenvalue weighted by Gasteiger charge is -2.32. The van der Waals surface area contributed by atoms with Gasteiger partial charge in [-0.15, -0.1) is 0 Å². The van der Waals surface area contributed by atoms with E-state index in [1.807, 2.05) is 23.1 Å². The highest BCUT2D eigenvalue weighted by Gasteiger charge is 2.24. The Kier molecular flexibility index (Phi) is 6.53. The number of amides is 2. The second kappa shape index (κ2) is 9.06. The summed E-state index contributed by atoms with van der Waals surface area (Å²) < 4.78 is 6.03. The van der Waals surface area contributed by atoms with E-state index in [1.165, 1.54) is 18.4 Å². The summed E-state index contributed by atoms with van der Waals surface area (Å²) in [5.41, 5.74) is 1.19. The average molecular weight is 358 g/mol. The van der Waals surface area contributed by atoms with Crippen LogP contribution in [-0.2, 0) is 9.59 Å². The van der Waals surface area contributed by atoms with Gasteiger partial charge in [0.2, 0.25) is 11.8 Å². The molecule has 2 aliphatic rings. The van der Waals surface area contributed by atoms with Crippen molar-refractivity contribution < 1.29 is 14.3 Å². The van der Waals surface area contributed by atoms with Gasteiger partial charge >= 0.3 is 0 Å². The number of aryl methyl sites for hydroxylation is 1. The number of ether oxygens (including phenoxy) is 1. The summed E-state index contributed by atoms with van der Waals surface area (Å²) >= 11 is 0. The average Bonchev–Trinajstić information content (AvgIpc) is 3.13. The van der Waals surface area contributed by atoms with Crippen LogP contribution in [-0.4, -0.2) is 41.9 Å². The minimum atomic E-state index is 0.0166. The predicted molar refractivity (Wildman–Crippen MR) is 101 cm³/mol. The molecule has 2 amide bonds. The number of benzene rings is 1. The fourth-order valence-corrected chi connectivity index (χ4v) is 3.85. The van der Waals surface area contributed by atoms with Gasteiger partial charge in [0.05, 0.1) is 0 Å². The topological polar surface area (TPSA) is 58.6 Å². The molecule has 1 aromatic rings. The second-order valence-electron chi connectivity index (χ2n) is 7.56. The van der Waals surface area contributed by atoms with Gasteiger partial charge in [-0.25, -0.2) is 0 Å². The normalized spacial score (nSPS) is 18.7. The second-order valence-corrected chi connectivity index (χ2v) is 7.56. The minimum absolute atomic E-state index is 0.0166. The molecule has 142 valence electrons. The van der Waals surface area contributed by atoms with E-state index >= 15 is 0 Å². The molecule has 1 heterocycles. The van der Waals surface area contributed by atoms with Gasteiger partial charge in [0.1, 0.15) is 11.9 Å². The Morgan fingerprint density at radius 3 is 2.54 bits per heavy atom. The zero-order chi connectivity index (χ0) is 18.4. The van der Waals surface area contributed by atoms with Crippen LogP contribution in [0.2, 0.25) is 0 Å². The van der Waals surface area contributed by atoms with E-state index in [-0.39, 0.29) is 17.9 Å². The molecule has 1 aliphatic carbocycles. The van der Waals surface area contributed by atoms with Crippen molar-refractivity contribution >= 4 is 11.8 Å². The van der Waals surface area contributed by atoms with Crippen LogP contribution < -0.4 is 10.1 Å². The van der Waals surface area contributed by atoms with Crippen molar-refractivity contribution in [1.82, 2.24) is 10.2 Å². The Morgan fingerprint density at radius 1 is 1.12 bits per heavy atom. The lowest BCUT2D eigenvalue weighted by atomic mass is 10.1. The molecule has 0 spiro atoms. The minimum Gasteiger partial charge on any atom is -0.490 e. The predicted octanol–water partition coefficient (Wildman–Crippen LogP) is 3.20. The molecule has 0 unspecified atom stereocenters. The largest absolute Gasteiger partial charge is 0.490 e. The van der Waals surface area contributed by atoms with Gasteiger partial charge in [-0.1, -0.05) is 25.0 Å². The van der Waals surface area contributed by atoms with Crippen LogP contribution in [0.25, 0.3) is 0 Å². The molecule has 26 heavy (non-hydrogen) atoms. The Balaban J connectivity index is 1.35. The van der Waals surface area contributed by atoms with Crippen LogP contribution in [0, 0.1) is 6.92 Å². The maximum absolute atomic E-state index is 12.4. The third-order valence-corrected chi connectivity index (χ3v) is 5.37. The summed E-state index contributed by atoms with van der Waals surface area (Å²) in [5.74, 6) is 1.00. The third-order valence-electron chi connectivity index (χ3n) is 5.37. The molecule has 0 aromatic heterocycles. The van der Waals surface area contributed by atoms with E-state index in [4.69, 9.17) is 4.74 Å². The number of likely N-dealkylation sites (tertiary alicyclic amines) is 1. The number of rotatable bonds is 6. The first kappa shape index (κ1) is 18.7. The third kappa shape index (κ3) is 5.48. The summed E-state index contributed by atoms with van der Waals surface area (Å²) in [6.07, 6.45) is 7.00. The van der Waals surface area contributed by atoms with E-state index in [1.54, 1.807) is 0 Å². The van der Waals surface area contributed by atoms with Gasteiger partial charge in [0, 0.05) is 44.8 Å². The van der Waals surface area contributed by atoms with Crippen molar-refractivity contribution in [3.8, 4) is 5.75 Å². The van der Waals surface area contributed by atoms with Crippen molar-refractivity contribution in [1.29, 1.82) is 0 Å². The number of piperidine rings is 1. The van der Waals surface area contributed by atoms with Crippen molar-refractivity contribution in [3.05, 3.63) is 29.8 Å². The summed E-state index contributed by atoms with van der Waals surface area (Å²) in [4.78, 5) is 26.2. The molecule has 1 saturated heterocycles. The van der Waals surface area contributed by atoms with Crippen LogP contribution >= 0.6 is 0 Å². The number of carbonyl (C=O) groups is 2. The SMILES string of the molecule is Cc1cccc(OC2CCN(C(=O)CCC(=O)NC3CCCC3)CC2)c1. The van der Waals surface area contributed by atoms with Gasteiger partial charge in [-0.3, -0.25) is 9.59 Å². The summed E-state index contributed by atoms with van der Waals surface area (Å²) in [6, 6.07) is 8.40. The van der Waals surface area contributed by atoms with Crippen LogP contribution in [0.1, 0.15) is 56.9 Å². The van der Waals surface area contributed by atoms with E-state index in [0.717, 1.165) is 31.4 Å². The molecular formula is C21H30N2O3. The van der Waals surface area contributed by atoms with Crippen molar-refractivity contribution in [2.24, 2.45) is 0 Å². The molecule has 0 radical (unpaired) electrons. The smallest absolute Gasteiger partial charge is 0.223 e. The monoisotopic (exact) mass is 358 g/mol. The summed E-state index contributed by atoms with van der Waals surface area (Å²) in [6.45, 7) is 3.47. The number of hydrogen-bond donors (Lipinski definition) is 1. The Morgan fingerprint density at radius 2 is 1.85 bits per heavy atom. The van der Waals surface area contributed by atoms with Gasteiger partial charge < -0.3 is 15.0 Å². The Labute approximate surface area is 156 Å². The quantitative estimate of drug-likeness (QED) is 0.849. The van der Waals surface area contributed by atoms with Crippen molar-refractivity contribution in [3.63, 3.8) is 0 Å². The molecule has 0 atom stereocenters. The molecular weight excluding hydrogens is 328 g/mol. The van der Waals surface area contributed by atoms with Gasteiger partial charge in [0.15, 0.2) is 0 Å². The molecule has 1 N–H and O–H groups in total. The maximum atomic E-state index is 12.4. The van der Waals surface area contributed by atoms with Crippen molar-refractivity contribution in [2.45, 2.75) is 70.4 Å². The molecule has 1 saturated carbocycles. The number of hydrogen-bond acceptors (Lipinski definition) is 3. The van der Waals surface area contributed by atoms with E-state index in [0.29, 0.717) is 32.0 Å². The maximum Gasteiger partial charge on any atom is 0.223 e. The molecule has 2 fully saturated rings. The summed E-state index contributed by atoms with van der Waals surface area (Å²) in [5, 5.41) is 3.05. The first-order valence-corrected chi connectivity index (χ1v) is 9.90. The fraction of sp³-hybridized carbons (Fsp3) is 0.619. The standard InChI is InChI=1S/C21H30N2O3/c1-16-5-4-8-19(15-16)26-18-11-13-23(14-12-18)21(25)10-9-20(24)22-17-6-2-3-7-17/h4-5,8,15,17-18H,2-3,6-7,9-14H2,1H3,(H,22,24). The number of nitrogens with one attached hydrogen (secondary N) is 1. The number of carbonyl (C=O) groups excluding carboxylic acids is 2. The summed E-state index contributed by atoms with van der Waals surface area (Å²) in [7, 11) is 0. The van der Waals surface area contributed by atoms with Gasteiger partial charge in [-0.05, 0) is 37.5 Å². The number of nitrogens with zero attached hydrogens (tertiary/aromatic N) is 1. The van der Waals surface area contributed by atoms with Gasteiger partial charge in [0.25, 0.3) is 0 Å². The molecule has 1 aliphatic heterocycles. The molecule has 5 heteroatoms. The molecule has 5 nitrogen and oxygen atoms in total. The van der Waals surface area contributed by atoms with E-state index in [2.05, 4.69) is 18.3 Å². The molecule has 0 bridgehead atoms. The fourth-order valence-electron chi connectivity index (χ4n) is 3.85. The highest BCUT2D eigenvalue weighted by molar-refractivity contribution is 5.84. The van der Waals surface area contributed by atoms with E-state index in [9.17, 15) is 9.59 Å². The first-order chi connectivity index (χ1) is 12.6. The Bertz CT molecular complexity index is 617. The zero-order valence-corrected chi connectivity index (χ0v) is 15.7.